The first-order valence-corrected chi connectivity index (χ1v) is 8.66. The van der Waals surface area contributed by atoms with Crippen molar-refractivity contribution in [3.63, 3.8) is 0 Å². The highest BCUT2D eigenvalue weighted by molar-refractivity contribution is 6.43. The van der Waals surface area contributed by atoms with E-state index in [2.05, 4.69) is 10.6 Å². The van der Waals surface area contributed by atoms with Gasteiger partial charge in [0, 0.05) is 24.3 Å². The summed E-state index contributed by atoms with van der Waals surface area (Å²) in [5.74, 6) is -1.26. The van der Waals surface area contributed by atoms with Gasteiger partial charge in [0.05, 0.1) is 5.69 Å². The summed E-state index contributed by atoms with van der Waals surface area (Å²) in [7, 11) is 0. The van der Waals surface area contributed by atoms with E-state index in [1.165, 1.54) is 0 Å². The van der Waals surface area contributed by atoms with Gasteiger partial charge in [0.25, 0.3) is 0 Å². The summed E-state index contributed by atoms with van der Waals surface area (Å²) in [6.07, 6.45) is 1.92. The molecular weight excluding hydrogens is 330 g/mol. The molecule has 6 nitrogen and oxygen atoms in total. The fourth-order valence-corrected chi connectivity index (χ4v) is 3.54. The molecule has 0 unspecified atom stereocenters. The van der Waals surface area contributed by atoms with E-state index in [0.717, 1.165) is 28.8 Å². The van der Waals surface area contributed by atoms with Crippen molar-refractivity contribution in [1.29, 1.82) is 0 Å². The first-order valence-electron chi connectivity index (χ1n) is 8.66. The number of hydrogen-bond acceptors (Lipinski definition) is 3. The van der Waals surface area contributed by atoms with E-state index in [0.29, 0.717) is 30.8 Å². The normalized spacial score (nSPS) is 14.8. The maximum atomic E-state index is 12.2. The zero-order chi connectivity index (χ0) is 18.3. The molecule has 0 aliphatic carbocycles. The average molecular weight is 349 g/mol. The maximum Gasteiger partial charge on any atom is 0.314 e. The highest BCUT2D eigenvalue weighted by Crippen LogP contribution is 2.38. The van der Waals surface area contributed by atoms with Gasteiger partial charge in [-0.05, 0) is 55.2 Å². The second-order valence-corrected chi connectivity index (χ2v) is 6.71. The van der Waals surface area contributed by atoms with Crippen molar-refractivity contribution in [3.8, 4) is 0 Å². The van der Waals surface area contributed by atoms with Gasteiger partial charge in [-0.2, -0.15) is 0 Å². The molecule has 26 heavy (non-hydrogen) atoms. The van der Waals surface area contributed by atoms with Crippen LogP contribution in [0.1, 0.15) is 23.1 Å². The van der Waals surface area contributed by atoms with Crippen LogP contribution >= 0.6 is 0 Å². The molecule has 2 N–H and O–H groups in total. The molecule has 0 bridgehead atoms. The minimum atomic E-state index is -0.709. The molecule has 2 aromatic carbocycles. The van der Waals surface area contributed by atoms with Crippen LogP contribution in [0.25, 0.3) is 0 Å². The zero-order valence-corrected chi connectivity index (χ0v) is 14.5. The molecule has 0 fully saturated rings. The van der Waals surface area contributed by atoms with E-state index in [-0.39, 0.29) is 5.91 Å². The molecule has 2 aromatic rings. The molecule has 0 saturated carbocycles. The molecule has 0 atom stereocenters. The molecule has 0 aromatic heterocycles. The van der Waals surface area contributed by atoms with Crippen molar-refractivity contribution in [2.45, 2.75) is 26.2 Å². The topological polar surface area (TPSA) is 78.5 Å². The van der Waals surface area contributed by atoms with Crippen molar-refractivity contribution in [1.82, 2.24) is 0 Å². The molecule has 4 rings (SSSR count). The third-order valence-corrected chi connectivity index (χ3v) is 4.83. The van der Waals surface area contributed by atoms with Crippen LogP contribution in [0.3, 0.4) is 0 Å². The number of carbonyl (C=O) groups is 3. The van der Waals surface area contributed by atoms with Crippen LogP contribution < -0.4 is 15.5 Å². The highest BCUT2D eigenvalue weighted by atomic mass is 16.2. The van der Waals surface area contributed by atoms with Gasteiger partial charge in [-0.1, -0.05) is 17.7 Å². The minimum Gasteiger partial charge on any atom is -0.318 e. The number of hydrogen-bond donors (Lipinski definition) is 2. The third-order valence-electron chi connectivity index (χ3n) is 4.83. The van der Waals surface area contributed by atoms with Crippen LogP contribution in [0.5, 0.6) is 0 Å². The lowest BCUT2D eigenvalue weighted by Gasteiger charge is -2.25. The molecule has 0 saturated heterocycles. The predicted octanol–water partition coefficient (Wildman–Crippen LogP) is 2.41. The largest absolute Gasteiger partial charge is 0.318 e. The van der Waals surface area contributed by atoms with Crippen LogP contribution in [0, 0.1) is 6.92 Å². The van der Waals surface area contributed by atoms with Crippen molar-refractivity contribution < 1.29 is 14.4 Å². The Morgan fingerprint density at radius 3 is 2.19 bits per heavy atom. The smallest absolute Gasteiger partial charge is 0.314 e. The van der Waals surface area contributed by atoms with Gasteiger partial charge in [-0.3, -0.25) is 14.4 Å². The third kappa shape index (κ3) is 2.94. The van der Waals surface area contributed by atoms with E-state index in [4.69, 9.17) is 0 Å². The highest BCUT2D eigenvalue weighted by Gasteiger charge is 2.31. The summed E-state index contributed by atoms with van der Waals surface area (Å²) in [6.45, 7) is 2.64. The van der Waals surface area contributed by atoms with Gasteiger partial charge in [-0.15, -0.1) is 0 Å². The van der Waals surface area contributed by atoms with Gasteiger partial charge in [0.1, 0.15) is 0 Å². The number of nitrogens with one attached hydrogen (secondary N) is 2. The average Bonchev–Trinajstić information content (AvgIpc) is 3.05. The molecule has 132 valence electrons. The Labute approximate surface area is 151 Å². The summed E-state index contributed by atoms with van der Waals surface area (Å²) >= 11 is 0. The van der Waals surface area contributed by atoms with Gasteiger partial charge in [-0.25, -0.2) is 0 Å². The lowest BCUT2D eigenvalue weighted by molar-refractivity contribution is -0.132. The second kappa shape index (κ2) is 6.29. The fraction of sp³-hybridized carbons (Fsp3) is 0.250. The van der Waals surface area contributed by atoms with Crippen molar-refractivity contribution in [2.75, 3.05) is 22.1 Å². The molecule has 2 heterocycles. The Kier molecular flexibility index (Phi) is 3.95. The van der Waals surface area contributed by atoms with Gasteiger partial charge in [0.15, 0.2) is 0 Å². The first-order chi connectivity index (χ1) is 12.5. The Morgan fingerprint density at radius 1 is 0.885 bits per heavy atom. The lowest BCUT2D eigenvalue weighted by atomic mass is 9.98. The summed E-state index contributed by atoms with van der Waals surface area (Å²) in [6, 6.07) is 11.0. The van der Waals surface area contributed by atoms with Gasteiger partial charge >= 0.3 is 11.8 Å². The number of carbonyl (C=O) groups excluding carboxylic acids is 3. The van der Waals surface area contributed by atoms with E-state index in [1.54, 1.807) is 12.1 Å². The van der Waals surface area contributed by atoms with Crippen LogP contribution in [-0.2, 0) is 27.2 Å². The van der Waals surface area contributed by atoms with Gasteiger partial charge < -0.3 is 15.5 Å². The van der Waals surface area contributed by atoms with E-state index in [1.807, 2.05) is 36.1 Å². The molecular formula is C20H19N3O3. The lowest BCUT2D eigenvalue weighted by Crippen LogP contribution is -2.33. The zero-order valence-electron chi connectivity index (χ0n) is 14.5. The van der Waals surface area contributed by atoms with Crippen molar-refractivity contribution in [2.24, 2.45) is 0 Å². The Balaban J connectivity index is 1.49. The SMILES string of the molecule is Cc1ccc(NC(=O)C(=O)Nc2cc3c4c(c2)CCN4C(=O)CC3)cc1. The Bertz CT molecular complexity index is 919. The predicted molar refractivity (Wildman–Crippen MR) is 99.3 cm³/mol. The molecule has 2 aliphatic rings. The standard InChI is InChI=1S/C20H19N3O3/c1-12-2-5-15(6-3-12)21-19(25)20(26)22-16-10-13-4-7-17(24)23-9-8-14(11-16)18(13)23/h2-3,5-6,10-11H,4,7-9H2,1H3,(H,21,25)(H,22,26). The first kappa shape index (κ1) is 16.3. The van der Waals surface area contributed by atoms with Crippen molar-refractivity contribution >= 4 is 34.8 Å². The molecule has 0 radical (unpaired) electrons. The maximum absolute atomic E-state index is 12.2. The van der Waals surface area contributed by atoms with Crippen LogP contribution in [0.2, 0.25) is 0 Å². The van der Waals surface area contributed by atoms with Crippen LogP contribution in [0.15, 0.2) is 36.4 Å². The molecule has 0 spiro atoms. The quantitative estimate of drug-likeness (QED) is 0.817. The van der Waals surface area contributed by atoms with Gasteiger partial charge in [0.2, 0.25) is 5.91 Å². The number of aryl methyl sites for hydroxylation is 2. The minimum absolute atomic E-state index is 0.158. The van der Waals surface area contributed by atoms with E-state index >= 15 is 0 Å². The Morgan fingerprint density at radius 2 is 1.50 bits per heavy atom. The number of nitrogens with zero attached hydrogens (tertiary/aromatic N) is 1. The fourth-order valence-electron chi connectivity index (χ4n) is 3.54. The van der Waals surface area contributed by atoms with Crippen LogP contribution in [0.4, 0.5) is 17.1 Å². The number of anilines is 3. The summed E-state index contributed by atoms with van der Waals surface area (Å²) in [5, 5.41) is 5.26. The summed E-state index contributed by atoms with van der Waals surface area (Å²) in [5.41, 5.74) is 5.34. The van der Waals surface area contributed by atoms with Crippen LogP contribution in [-0.4, -0.2) is 24.3 Å². The second-order valence-electron chi connectivity index (χ2n) is 6.71. The molecule has 6 heteroatoms. The van der Waals surface area contributed by atoms with E-state index in [9.17, 15) is 14.4 Å². The monoisotopic (exact) mass is 349 g/mol. The van der Waals surface area contributed by atoms with E-state index < -0.39 is 11.8 Å². The number of amides is 3. The number of rotatable bonds is 2. The summed E-state index contributed by atoms with van der Waals surface area (Å²) < 4.78 is 0. The summed E-state index contributed by atoms with van der Waals surface area (Å²) in [4.78, 5) is 38.1. The molecule has 2 aliphatic heterocycles. The number of benzene rings is 2. The molecule has 3 amide bonds. The Hall–Kier alpha value is -3.15. The van der Waals surface area contributed by atoms with Crippen molar-refractivity contribution in [3.05, 3.63) is 53.1 Å².